The molecule has 0 aliphatic carbocycles. The predicted molar refractivity (Wildman–Crippen MR) is 30.1 cm³/mol. The van der Waals surface area contributed by atoms with Gasteiger partial charge in [0.25, 0.3) is 0 Å². The van der Waals surface area contributed by atoms with E-state index >= 15 is 0 Å². The Morgan fingerprint density at radius 2 is 1.89 bits per heavy atom. The second-order valence-corrected chi connectivity index (χ2v) is 1.93. The maximum Gasteiger partial charge on any atom is 0.392 e. The van der Waals surface area contributed by atoms with Crippen LogP contribution in [0, 0.1) is 0 Å². The second-order valence-electron chi connectivity index (χ2n) is 1.93. The molecule has 54 valence electrons. The van der Waals surface area contributed by atoms with Crippen LogP contribution in [0.25, 0.3) is 0 Å². The maximum absolute atomic E-state index is 11.5. The molecular weight excluding hydrogens is 129 g/mol. The molecule has 0 saturated heterocycles. The molecule has 0 radical (unpaired) electrons. The van der Waals surface area contributed by atoms with Crippen molar-refractivity contribution in [2.24, 2.45) is 0 Å². The average Bonchev–Trinajstić information content (AvgIpc) is 1.62. The number of allylic oxidation sites excluding steroid dienone is 2. The molecule has 0 aromatic heterocycles. The first-order valence-electron chi connectivity index (χ1n) is 2.64. The van der Waals surface area contributed by atoms with Crippen molar-refractivity contribution in [1.82, 2.24) is 0 Å². The molecule has 0 amide bonds. The van der Waals surface area contributed by atoms with Gasteiger partial charge >= 0.3 is 6.18 Å². The van der Waals surface area contributed by atoms with Gasteiger partial charge in [-0.05, 0) is 13.8 Å². The Morgan fingerprint density at radius 1 is 1.44 bits per heavy atom. The van der Waals surface area contributed by atoms with E-state index in [2.05, 4.69) is 0 Å². The van der Waals surface area contributed by atoms with Gasteiger partial charge in [-0.25, -0.2) is 0 Å². The zero-order valence-electron chi connectivity index (χ0n) is 5.42. The smallest absolute Gasteiger partial charge is 0.171 e. The number of hydrogen-bond acceptors (Lipinski definition) is 0. The van der Waals surface area contributed by atoms with Crippen LogP contribution in [-0.4, -0.2) is 6.18 Å². The van der Waals surface area contributed by atoms with Crippen molar-refractivity contribution in [1.29, 1.82) is 0 Å². The van der Waals surface area contributed by atoms with Gasteiger partial charge in [0.05, 0.1) is 6.42 Å². The minimum atomic E-state index is -4.05. The Hall–Kier alpha value is -0.470. The van der Waals surface area contributed by atoms with Gasteiger partial charge in [-0.15, -0.1) is 0 Å². The summed E-state index contributed by atoms with van der Waals surface area (Å²) in [5.41, 5.74) is 0.363. The van der Waals surface area contributed by atoms with Gasteiger partial charge < -0.3 is 0 Å². The number of hydrogen-bond donors (Lipinski definition) is 0. The molecule has 0 bridgehead atoms. The number of halogens is 3. The molecule has 0 nitrogen and oxygen atoms in total. The van der Waals surface area contributed by atoms with Crippen LogP contribution in [0.5, 0.6) is 0 Å². The zero-order valence-corrected chi connectivity index (χ0v) is 5.42. The van der Waals surface area contributed by atoms with Gasteiger partial charge in [-0.1, -0.05) is 11.6 Å². The molecule has 0 spiro atoms. The normalized spacial score (nSPS) is 14.1. The largest absolute Gasteiger partial charge is 0.392 e. The van der Waals surface area contributed by atoms with E-state index in [-0.39, 0.29) is 0 Å². The van der Waals surface area contributed by atoms with Crippen molar-refractivity contribution < 1.29 is 13.2 Å². The van der Waals surface area contributed by atoms with E-state index in [1.165, 1.54) is 13.0 Å². The van der Waals surface area contributed by atoms with Crippen LogP contribution in [0.3, 0.4) is 0 Å². The van der Waals surface area contributed by atoms with Crippen molar-refractivity contribution in [2.45, 2.75) is 26.4 Å². The van der Waals surface area contributed by atoms with Gasteiger partial charge in [0.15, 0.2) is 0 Å². The van der Waals surface area contributed by atoms with Gasteiger partial charge in [0.2, 0.25) is 0 Å². The van der Waals surface area contributed by atoms with Crippen LogP contribution >= 0.6 is 0 Å². The van der Waals surface area contributed by atoms with Crippen LogP contribution in [0.2, 0.25) is 0 Å². The van der Waals surface area contributed by atoms with Crippen LogP contribution in [0.1, 0.15) is 20.3 Å². The summed E-state index contributed by atoms with van der Waals surface area (Å²) in [6.07, 6.45) is -3.37. The average molecular weight is 138 g/mol. The van der Waals surface area contributed by atoms with Crippen LogP contribution < -0.4 is 0 Å². The Bertz CT molecular complexity index is 110. The lowest BCUT2D eigenvalue weighted by atomic mass is 10.2. The molecule has 0 fully saturated rings. The first kappa shape index (κ1) is 8.53. The van der Waals surface area contributed by atoms with E-state index in [1.54, 1.807) is 6.92 Å². The number of rotatable bonds is 1. The molecule has 3 heteroatoms. The highest BCUT2D eigenvalue weighted by Crippen LogP contribution is 2.23. The van der Waals surface area contributed by atoms with Gasteiger partial charge in [0.1, 0.15) is 0 Å². The van der Waals surface area contributed by atoms with Crippen LogP contribution in [0.4, 0.5) is 13.2 Å². The van der Waals surface area contributed by atoms with Crippen molar-refractivity contribution in [3.8, 4) is 0 Å². The molecule has 0 aromatic rings. The SMILES string of the molecule is C/C=C(/C)CC(F)(F)F. The first-order chi connectivity index (χ1) is 3.95. The summed E-state index contributed by atoms with van der Waals surface area (Å²) < 4.78 is 34.4. The third-order valence-electron chi connectivity index (χ3n) is 0.972. The Morgan fingerprint density at radius 3 is 2.00 bits per heavy atom. The molecule has 0 heterocycles. The molecule has 9 heavy (non-hydrogen) atoms. The van der Waals surface area contributed by atoms with Crippen molar-refractivity contribution in [3.63, 3.8) is 0 Å². The summed E-state index contributed by atoms with van der Waals surface area (Å²) in [6.45, 7) is 3.06. The minimum absolute atomic E-state index is 0.363. The molecule has 0 atom stereocenters. The first-order valence-corrected chi connectivity index (χ1v) is 2.64. The molecule has 0 aromatic carbocycles. The lowest BCUT2D eigenvalue weighted by molar-refractivity contribution is -0.127. The van der Waals surface area contributed by atoms with E-state index in [0.717, 1.165) is 0 Å². The Labute approximate surface area is 52.4 Å². The Balaban J connectivity index is 3.75. The fourth-order valence-electron chi connectivity index (χ4n) is 0.418. The summed E-state index contributed by atoms with van der Waals surface area (Å²) in [6, 6.07) is 0. The highest BCUT2D eigenvalue weighted by molar-refractivity contribution is 4.97. The van der Waals surface area contributed by atoms with Crippen LogP contribution in [-0.2, 0) is 0 Å². The highest BCUT2D eigenvalue weighted by Gasteiger charge is 2.26. The third kappa shape index (κ3) is 5.40. The van der Waals surface area contributed by atoms with Crippen molar-refractivity contribution in [2.75, 3.05) is 0 Å². The van der Waals surface area contributed by atoms with Crippen LogP contribution in [0.15, 0.2) is 11.6 Å². The van der Waals surface area contributed by atoms with Gasteiger partial charge in [-0.3, -0.25) is 0 Å². The van der Waals surface area contributed by atoms with E-state index < -0.39 is 12.6 Å². The quantitative estimate of drug-likeness (QED) is 0.489. The van der Waals surface area contributed by atoms with Crippen molar-refractivity contribution >= 4 is 0 Å². The van der Waals surface area contributed by atoms with E-state index in [0.29, 0.717) is 5.57 Å². The molecule has 0 N–H and O–H groups in total. The molecule has 0 aliphatic heterocycles. The fourth-order valence-corrected chi connectivity index (χ4v) is 0.418. The second kappa shape index (κ2) is 2.90. The minimum Gasteiger partial charge on any atom is -0.171 e. The molecular formula is C6H9F3. The topological polar surface area (TPSA) is 0 Å². The third-order valence-corrected chi connectivity index (χ3v) is 0.972. The highest BCUT2D eigenvalue weighted by atomic mass is 19.4. The maximum atomic E-state index is 11.5. The summed E-state index contributed by atoms with van der Waals surface area (Å²) in [7, 11) is 0. The standard InChI is InChI=1S/C6H9F3/c1-3-5(2)4-6(7,8)9/h3H,4H2,1-2H3/b5-3-. The summed E-state index contributed by atoms with van der Waals surface area (Å²) >= 11 is 0. The van der Waals surface area contributed by atoms with Crippen molar-refractivity contribution in [3.05, 3.63) is 11.6 Å². The number of alkyl halides is 3. The predicted octanol–water partition coefficient (Wildman–Crippen LogP) is 2.91. The van der Waals surface area contributed by atoms with E-state index in [9.17, 15) is 13.2 Å². The van der Waals surface area contributed by atoms with Gasteiger partial charge in [-0.2, -0.15) is 13.2 Å². The molecule has 0 saturated carbocycles. The van der Waals surface area contributed by atoms with E-state index in [4.69, 9.17) is 0 Å². The Kier molecular flexibility index (Phi) is 2.74. The lowest BCUT2D eigenvalue weighted by Crippen LogP contribution is -2.06. The molecule has 0 unspecified atom stereocenters. The monoisotopic (exact) mass is 138 g/mol. The zero-order chi connectivity index (χ0) is 7.49. The van der Waals surface area contributed by atoms with Gasteiger partial charge in [0, 0.05) is 0 Å². The molecule has 0 rings (SSSR count). The fraction of sp³-hybridized carbons (Fsp3) is 0.667. The molecule has 0 aliphatic rings. The summed E-state index contributed by atoms with van der Waals surface area (Å²) in [5.74, 6) is 0. The van der Waals surface area contributed by atoms with E-state index in [1.807, 2.05) is 0 Å². The lowest BCUT2D eigenvalue weighted by Gasteiger charge is -2.04. The summed E-state index contributed by atoms with van der Waals surface area (Å²) in [5, 5.41) is 0. The summed E-state index contributed by atoms with van der Waals surface area (Å²) in [4.78, 5) is 0.